The van der Waals surface area contributed by atoms with Crippen LogP contribution in [-0.2, 0) is 4.79 Å². The van der Waals surface area contributed by atoms with Gasteiger partial charge >= 0.3 is 102 Å². The maximum atomic E-state index is 13.9. The molecule has 0 heterocycles. The first-order valence-corrected chi connectivity index (χ1v) is 11.4. The molecule has 1 N–H and O–H groups in total. The average Bonchev–Trinajstić information content (AvgIpc) is 2.88. The Morgan fingerprint density at radius 3 is 0.737 bits per heavy atom. The Bertz CT molecular complexity index is 1420. The average molecular weight is 1060 g/mol. The van der Waals surface area contributed by atoms with Crippen molar-refractivity contribution in [2.75, 3.05) is 0 Å². The molecule has 0 radical (unpaired) electrons. The van der Waals surface area contributed by atoms with Crippen LogP contribution in [0.2, 0.25) is 0 Å². The van der Waals surface area contributed by atoms with Crippen molar-refractivity contribution in [2.45, 2.75) is 96.4 Å². The van der Waals surface area contributed by atoms with E-state index >= 15 is 0 Å². The Balaban J connectivity index is 0. The quantitative estimate of drug-likeness (QED) is 0.0878. The number of hydrogen-bond acceptors (Lipinski definition) is 1. The van der Waals surface area contributed by atoms with Crippen molar-refractivity contribution in [3.8, 4) is 0 Å². The molecule has 0 spiro atoms. The fraction of sp³-hybridized carbons (Fsp3) is 0.941. The highest BCUT2D eigenvalue weighted by Crippen LogP contribution is 2.67. The van der Waals surface area contributed by atoms with E-state index in [1.54, 1.807) is 0 Å². The number of quaternary nitrogens is 1. The van der Waals surface area contributed by atoms with Gasteiger partial charge in [0, 0.05) is 4.48 Å². The first-order valence-electron chi connectivity index (χ1n) is 11.4. The van der Waals surface area contributed by atoms with E-state index in [-0.39, 0.29) is 24.0 Å². The van der Waals surface area contributed by atoms with E-state index in [2.05, 4.69) is 0 Å². The monoisotopic (exact) mass is 1060 g/mol. The molecule has 0 aliphatic rings. The number of nitrogens with one attached hydrogen (secondary N) is 1. The lowest BCUT2D eigenvalue weighted by Crippen LogP contribution is -3.00. The molecule has 0 fully saturated rings. The van der Waals surface area contributed by atoms with Crippen LogP contribution in [0.25, 0.3) is 0 Å². The summed E-state index contributed by atoms with van der Waals surface area (Å²) in [5.41, 5.74) is 0. The summed E-state index contributed by atoms with van der Waals surface area (Å²) in [7, 11) is 0. The number of halogens is 37. The molecule has 1 amide bonds. The predicted octanol–water partition coefficient (Wildman–Crippen LogP) is 7.58. The molecule has 344 valence electrons. The molecule has 0 atom stereocenters. The summed E-state index contributed by atoms with van der Waals surface area (Å²) >= 11 is 0. The molecule has 0 aliphatic carbocycles. The molecule has 0 bridgehead atoms. The Labute approximate surface area is 299 Å². The van der Waals surface area contributed by atoms with Crippen molar-refractivity contribution < 1.29 is 191 Å². The van der Waals surface area contributed by atoms with Gasteiger partial charge in [-0.05, 0) is 0 Å². The van der Waals surface area contributed by atoms with Gasteiger partial charge in [0.2, 0.25) is 0 Å². The van der Waals surface area contributed by atoms with Gasteiger partial charge in [-0.1, -0.05) is 0 Å². The first-order chi connectivity index (χ1) is 23.4. The zero-order chi connectivity index (χ0) is 46.8. The van der Waals surface area contributed by atoms with Crippen LogP contribution in [0.3, 0.4) is 0 Å². The number of nitrogens with zero attached hydrogens (tertiary/aromatic N) is 1. The fourth-order valence-corrected chi connectivity index (χ4v) is 3.31. The second-order valence-corrected chi connectivity index (χ2v) is 9.89. The van der Waals surface area contributed by atoms with Gasteiger partial charge in [0.1, 0.15) is 0 Å². The summed E-state index contributed by atoms with van der Waals surface area (Å²) in [6, 6.07) is -18.8. The van der Waals surface area contributed by atoms with Gasteiger partial charge in [-0.2, -0.15) is 110 Å². The van der Waals surface area contributed by atoms with Gasteiger partial charge in [-0.3, -0.25) is 10.1 Å². The minimum absolute atomic E-state index is 0. The minimum Gasteiger partial charge on any atom is -1.00 e. The van der Waals surface area contributed by atoms with E-state index in [1.165, 1.54) is 0 Å². The lowest BCUT2D eigenvalue weighted by molar-refractivity contribution is -1.22. The fourth-order valence-electron chi connectivity index (χ4n) is 3.31. The van der Waals surface area contributed by atoms with Gasteiger partial charge in [0.25, 0.3) is 0 Å². The molecule has 3 nitrogen and oxygen atoms in total. The molecule has 0 aromatic carbocycles. The first kappa shape index (κ1) is 56.7. The zero-order valence-electron chi connectivity index (χ0n) is 23.8. The second-order valence-electron chi connectivity index (χ2n) is 9.89. The molecular formula is C17HF36IN2O. The van der Waals surface area contributed by atoms with Crippen molar-refractivity contribution in [2.24, 2.45) is 0 Å². The minimum atomic E-state index is -10.0. The molecule has 40 heteroatoms. The van der Waals surface area contributed by atoms with Gasteiger partial charge in [0.15, 0.2) is 0 Å². The van der Waals surface area contributed by atoms with Crippen LogP contribution < -0.4 is 29.3 Å². The Morgan fingerprint density at radius 2 is 0.526 bits per heavy atom. The standard InChI is InChI=1S/C17F36N2O.HI/c18-2(19,1(56)54-13(41,42)11(36,37)14(43,44)55(15(45,46)47,16(48,49)50)17(51,52)53)3(20,21)4(22,23)5(24,25)6(26,27)7(28,29)8(30,31)9(32,33)10(34,35)12(38,39)40;/h;1H. The van der Waals surface area contributed by atoms with E-state index in [0.29, 0.717) is 0 Å². The highest BCUT2D eigenvalue weighted by Gasteiger charge is 3.02. The van der Waals surface area contributed by atoms with Crippen molar-refractivity contribution >= 4 is 5.91 Å². The van der Waals surface area contributed by atoms with Crippen molar-refractivity contribution in [3.05, 3.63) is 0 Å². The number of amides is 1. The Kier molecular flexibility index (Phi) is 13.8. The summed E-state index contributed by atoms with van der Waals surface area (Å²) in [5.74, 6) is -102. The number of alkyl halides is 36. The highest BCUT2D eigenvalue weighted by atomic mass is 127. The van der Waals surface area contributed by atoms with Crippen LogP contribution in [0.4, 0.5) is 158 Å². The van der Waals surface area contributed by atoms with Crippen LogP contribution in [0.1, 0.15) is 0 Å². The molecule has 0 aromatic heterocycles. The number of hydrogen-bond donors (Lipinski definition) is 1. The molecule has 0 unspecified atom stereocenters. The summed E-state index contributed by atoms with van der Waals surface area (Å²) in [4.78, 5) is 11.1. The SMILES string of the molecule is O=C(NC(F)(F)C(F)(F)C(F)(F)[N+](C(F)(F)F)(C(F)(F)F)C(F)(F)F)C(F)(F)C(F)(F)C(F)(F)C(F)(F)C(F)(F)C(F)(F)C(F)(F)C(F)(F)C(F)(F)C(F)(F)F.[I-]. The van der Waals surface area contributed by atoms with Gasteiger partial charge < -0.3 is 24.0 Å². The van der Waals surface area contributed by atoms with Gasteiger partial charge in [-0.25, -0.2) is 0 Å². The molecule has 0 aliphatic heterocycles. The number of rotatable bonds is 13. The predicted molar refractivity (Wildman–Crippen MR) is 92.0 cm³/mol. The van der Waals surface area contributed by atoms with E-state index < -0.39 is 112 Å². The van der Waals surface area contributed by atoms with E-state index in [0.717, 1.165) is 0 Å². The Hall–Kier alpha value is -2.36. The van der Waals surface area contributed by atoms with Crippen molar-refractivity contribution in [1.82, 2.24) is 5.32 Å². The molecule has 0 rings (SSSR count). The molecule has 0 aromatic rings. The smallest absolute Gasteiger partial charge is 0.581 e. The maximum absolute atomic E-state index is 13.9. The van der Waals surface area contributed by atoms with Crippen LogP contribution in [0.15, 0.2) is 0 Å². The second kappa shape index (κ2) is 13.8. The molecule has 0 saturated heterocycles. The topological polar surface area (TPSA) is 29.1 Å². The van der Waals surface area contributed by atoms with Crippen molar-refractivity contribution in [3.63, 3.8) is 0 Å². The summed E-state index contributed by atoms with van der Waals surface area (Å²) < 4.78 is 469. The van der Waals surface area contributed by atoms with E-state index in [1.807, 2.05) is 0 Å². The van der Waals surface area contributed by atoms with E-state index in [4.69, 9.17) is 0 Å². The van der Waals surface area contributed by atoms with Gasteiger partial charge in [0.05, 0.1) is 0 Å². The van der Waals surface area contributed by atoms with Crippen LogP contribution in [0, 0.1) is 0 Å². The summed E-state index contributed by atoms with van der Waals surface area (Å²) in [6.45, 7) is 0. The largest absolute Gasteiger partial charge is 1.00 e. The van der Waals surface area contributed by atoms with Crippen LogP contribution in [0.5, 0.6) is 0 Å². The third-order valence-electron chi connectivity index (χ3n) is 6.40. The van der Waals surface area contributed by atoms with Crippen molar-refractivity contribution in [1.29, 1.82) is 0 Å². The maximum Gasteiger partial charge on any atom is 0.581 e. The highest BCUT2D eigenvalue weighted by molar-refractivity contribution is 5.85. The molecular weight excluding hydrogens is 1060 g/mol. The Morgan fingerprint density at radius 1 is 0.316 bits per heavy atom. The lowest BCUT2D eigenvalue weighted by Gasteiger charge is -2.46. The molecule has 57 heavy (non-hydrogen) atoms. The summed E-state index contributed by atoms with van der Waals surface area (Å²) in [5, 5.41) is -2.42. The van der Waals surface area contributed by atoms with Crippen LogP contribution in [-0.4, -0.2) is 107 Å². The third kappa shape index (κ3) is 6.93. The normalized spacial score (nSPS) is 16.7. The summed E-state index contributed by atoms with van der Waals surface area (Å²) in [6.07, 6.45) is -35.9. The van der Waals surface area contributed by atoms with Crippen LogP contribution >= 0.6 is 0 Å². The number of carbonyl (C=O) groups excluding carboxylic acids is 1. The van der Waals surface area contributed by atoms with Gasteiger partial charge in [-0.15, -0.1) is 48.3 Å². The number of carbonyl (C=O) groups is 1. The molecule has 0 saturated carbocycles. The zero-order valence-corrected chi connectivity index (χ0v) is 26.0. The van der Waals surface area contributed by atoms with E-state index in [9.17, 15) is 163 Å². The third-order valence-corrected chi connectivity index (χ3v) is 6.40. The lowest BCUT2D eigenvalue weighted by atomic mass is 9.86.